The highest BCUT2D eigenvalue weighted by Crippen LogP contribution is 2.31. The number of nitrogens with zero attached hydrogens (tertiary/aromatic N) is 2. The van der Waals surface area contributed by atoms with E-state index in [1.807, 2.05) is 7.05 Å². The van der Waals surface area contributed by atoms with Crippen molar-refractivity contribution in [2.75, 3.05) is 18.5 Å². The lowest BCUT2D eigenvalue weighted by Gasteiger charge is -2.36. The quantitative estimate of drug-likeness (QED) is 0.897. The van der Waals surface area contributed by atoms with E-state index in [1.165, 1.54) is 18.0 Å². The molecule has 1 aromatic rings. The Kier molecular flexibility index (Phi) is 4.05. The summed E-state index contributed by atoms with van der Waals surface area (Å²) < 4.78 is 0. The lowest BCUT2D eigenvalue weighted by molar-refractivity contribution is 0.389. The Bertz CT molecular complexity index is 363. The number of nitrogens with one attached hydrogen (secondary N) is 1. The molecule has 4 heteroatoms. The summed E-state index contributed by atoms with van der Waals surface area (Å²) in [5.74, 6) is 0.792. The molecule has 1 aromatic heterocycles. The molecule has 0 aromatic carbocycles. The maximum absolute atomic E-state index is 4.77. The Morgan fingerprint density at radius 2 is 2.24 bits per heavy atom. The van der Waals surface area contributed by atoms with E-state index < -0.39 is 0 Å². The van der Waals surface area contributed by atoms with Gasteiger partial charge < -0.3 is 10.2 Å². The predicted molar refractivity (Wildman–Crippen MR) is 74.8 cm³/mol. The van der Waals surface area contributed by atoms with Gasteiger partial charge in [0.1, 0.15) is 0 Å². The van der Waals surface area contributed by atoms with Crippen molar-refractivity contribution in [1.29, 1.82) is 0 Å². The molecule has 0 amide bonds. The van der Waals surface area contributed by atoms with Gasteiger partial charge in [-0.1, -0.05) is 6.92 Å². The molecule has 1 aliphatic rings. The van der Waals surface area contributed by atoms with E-state index in [4.69, 9.17) is 4.98 Å². The number of aromatic nitrogens is 1. The monoisotopic (exact) mass is 253 g/mol. The maximum atomic E-state index is 4.77. The zero-order valence-corrected chi connectivity index (χ0v) is 12.0. The van der Waals surface area contributed by atoms with E-state index in [1.54, 1.807) is 11.3 Å². The fourth-order valence-corrected chi connectivity index (χ4v) is 3.34. The van der Waals surface area contributed by atoms with Crippen LogP contribution < -0.4 is 10.2 Å². The number of piperidine rings is 1. The number of anilines is 1. The van der Waals surface area contributed by atoms with Gasteiger partial charge in [0.25, 0.3) is 0 Å². The summed E-state index contributed by atoms with van der Waals surface area (Å²) in [6.45, 7) is 7.96. The second-order valence-corrected chi connectivity index (χ2v) is 6.09. The average Bonchev–Trinajstić information content (AvgIpc) is 2.80. The number of hydrogen-bond donors (Lipinski definition) is 1. The molecule has 17 heavy (non-hydrogen) atoms. The molecule has 3 nitrogen and oxygen atoms in total. The zero-order valence-electron chi connectivity index (χ0n) is 11.2. The third-order valence-electron chi connectivity index (χ3n) is 3.75. The van der Waals surface area contributed by atoms with E-state index >= 15 is 0 Å². The van der Waals surface area contributed by atoms with Crippen LogP contribution >= 0.6 is 11.3 Å². The second kappa shape index (κ2) is 5.36. The molecular formula is C13H23N3S. The molecule has 0 radical (unpaired) electrons. The molecule has 1 aliphatic heterocycles. The highest BCUT2D eigenvalue weighted by atomic mass is 32.1. The smallest absolute Gasteiger partial charge is 0.185 e. The van der Waals surface area contributed by atoms with Gasteiger partial charge in [-0.2, -0.15) is 0 Å². The number of thiazole rings is 1. The lowest BCUT2D eigenvalue weighted by atomic mass is 9.96. The Balaban J connectivity index is 2.13. The highest BCUT2D eigenvalue weighted by molar-refractivity contribution is 7.13. The molecule has 1 fully saturated rings. The van der Waals surface area contributed by atoms with Gasteiger partial charge in [-0.05, 0) is 39.7 Å². The summed E-state index contributed by atoms with van der Waals surface area (Å²) in [7, 11) is 1.98. The van der Waals surface area contributed by atoms with Crippen molar-refractivity contribution in [2.45, 2.75) is 45.7 Å². The van der Waals surface area contributed by atoms with Gasteiger partial charge in [0.2, 0.25) is 0 Å². The molecule has 2 rings (SSSR count). The van der Waals surface area contributed by atoms with Crippen LogP contribution in [0.5, 0.6) is 0 Å². The van der Waals surface area contributed by atoms with Crippen LogP contribution in [0.2, 0.25) is 0 Å². The molecular weight excluding hydrogens is 230 g/mol. The van der Waals surface area contributed by atoms with Gasteiger partial charge in [-0.15, -0.1) is 11.3 Å². The normalized spacial score (nSPS) is 27.2. The van der Waals surface area contributed by atoms with Crippen LogP contribution in [-0.4, -0.2) is 24.6 Å². The summed E-state index contributed by atoms with van der Waals surface area (Å²) in [5.41, 5.74) is 1.16. The first-order chi connectivity index (χ1) is 8.11. The topological polar surface area (TPSA) is 28.2 Å². The standard InChI is InChI=1S/C13H23N3S/c1-9-5-6-10(2)16(7-9)13-15-12(8-17-13)11(3)14-4/h8-11,14H,5-7H2,1-4H3. The fraction of sp³-hybridized carbons (Fsp3) is 0.769. The van der Waals surface area contributed by atoms with Crippen LogP contribution in [0.3, 0.4) is 0 Å². The van der Waals surface area contributed by atoms with Gasteiger partial charge in [0.05, 0.1) is 5.69 Å². The number of rotatable bonds is 3. The predicted octanol–water partition coefficient (Wildman–Crippen LogP) is 3.05. The molecule has 1 N–H and O–H groups in total. The summed E-state index contributed by atoms with van der Waals surface area (Å²) in [5, 5.41) is 6.62. The average molecular weight is 253 g/mol. The van der Waals surface area contributed by atoms with Gasteiger partial charge >= 0.3 is 0 Å². The molecule has 3 unspecified atom stereocenters. The number of hydrogen-bond acceptors (Lipinski definition) is 4. The van der Waals surface area contributed by atoms with Gasteiger partial charge in [-0.3, -0.25) is 0 Å². The minimum absolute atomic E-state index is 0.345. The van der Waals surface area contributed by atoms with Crippen molar-refractivity contribution in [2.24, 2.45) is 5.92 Å². The molecule has 0 bridgehead atoms. The van der Waals surface area contributed by atoms with Crippen molar-refractivity contribution in [3.05, 3.63) is 11.1 Å². The molecule has 96 valence electrons. The minimum Gasteiger partial charge on any atom is -0.345 e. The van der Waals surface area contributed by atoms with Crippen LogP contribution in [0, 0.1) is 5.92 Å². The Labute approximate surface area is 108 Å². The van der Waals surface area contributed by atoms with E-state index in [0.29, 0.717) is 12.1 Å². The Morgan fingerprint density at radius 1 is 1.47 bits per heavy atom. The van der Waals surface area contributed by atoms with E-state index in [-0.39, 0.29) is 0 Å². The molecule has 0 spiro atoms. The van der Waals surface area contributed by atoms with Crippen molar-refractivity contribution in [3.63, 3.8) is 0 Å². The van der Waals surface area contributed by atoms with Crippen molar-refractivity contribution in [3.8, 4) is 0 Å². The maximum Gasteiger partial charge on any atom is 0.185 e. The molecule has 1 saturated heterocycles. The largest absolute Gasteiger partial charge is 0.345 e. The van der Waals surface area contributed by atoms with Crippen molar-refractivity contribution >= 4 is 16.5 Å². The van der Waals surface area contributed by atoms with Crippen LogP contribution in [0.25, 0.3) is 0 Å². The summed E-state index contributed by atoms with van der Waals surface area (Å²) in [6.07, 6.45) is 2.64. The summed E-state index contributed by atoms with van der Waals surface area (Å²) in [4.78, 5) is 7.25. The van der Waals surface area contributed by atoms with Crippen molar-refractivity contribution < 1.29 is 0 Å². The van der Waals surface area contributed by atoms with E-state index in [9.17, 15) is 0 Å². The molecule has 0 saturated carbocycles. The van der Waals surface area contributed by atoms with Gasteiger partial charge in [0.15, 0.2) is 5.13 Å². The van der Waals surface area contributed by atoms with Crippen LogP contribution in [0.4, 0.5) is 5.13 Å². The molecule has 2 heterocycles. The lowest BCUT2D eigenvalue weighted by Crippen LogP contribution is -2.41. The third kappa shape index (κ3) is 2.80. The Hall–Kier alpha value is -0.610. The summed E-state index contributed by atoms with van der Waals surface area (Å²) in [6, 6.07) is 0.979. The van der Waals surface area contributed by atoms with Gasteiger partial charge in [-0.25, -0.2) is 4.98 Å². The first-order valence-electron chi connectivity index (χ1n) is 6.51. The highest BCUT2D eigenvalue weighted by Gasteiger charge is 2.25. The van der Waals surface area contributed by atoms with Crippen molar-refractivity contribution in [1.82, 2.24) is 10.3 Å². The van der Waals surface area contributed by atoms with Crippen LogP contribution in [0.1, 0.15) is 45.3 Å². The first kappa shape index (κ1) is 12.8. The first-order valence-corrected chi connectivity index (χ1v) is 7.39. The Morgan fingerprint density at radius 3 is 2.94 bits per heavy atom. The molecule has 3 atom stereocenters. The van der Waals surface area contributed by atoms with Crippen LogP contribution in [0.15, 0.2) is 5.38 Å². The zero-order chi connectivity index (χ0) is 12.4. The SMILES string of the molecule is CNC(C)c1csc(N2CC(C)CCC2C)n1. The van der Waals surface area contributed by atoms with E-state index in [0.717, 1.165) is 18.2 Å². The molecule has 0 aliphatic carbocycles. The fourth-order valence-electron chi connectivity index (χ4n) is 2.31. The van der Waals surface area contributed by atoms with Crippen LogP contribution in [-0.2, 0) is 0 Å². The van der Waals surface area contributed by atoms with Gasteiger partial charge in [0, 0.05) is 24.0 Å². The second-order valence-electron chi connectivity index (χ2n) is 5.25. The third-order valence-corrected chi connectivity index (χ3v) is 4.65. The van der Waals surface area contributed by atoms with E-state index in [2.05, 4.69) is 36.4 Å². The summed E-state index contributed by atoms with van der Waals surface area (Å²) >= 11 is 1.78. The minimum atomic E-state index is 0.345.